The fourth-order valence-electron chi connectivity index (χ4n) is 2.08. The summed E-state index contributed by atoms with van der Waals surface area (Å²) < 4.78 is 42.5. The van der Waals surface area contributed by atoms with Crippen LogP contribution in [0.25, 0.3) is 0 Å². The molecule has 0 aliphatic rings. The maximum absolute atomic E-state index is 14.3. The minimum Gasteiger partial charge on any atom is -0.395 e. The van der Waals surface area contributed by atoms with Crippen LogP contribution < -0.4 is 16.1 Å². The van der Waals surface area contributed by atoms with E-state index in [0.717, 1.165) is 12.1 Å². The van der Waals surface area contributed by atoms with E-state index in [1.54, 1.807) is 13.1 Å². The average molecular weight is 495 g/mol. The van der Waals surface area contributed by atoms with Crippen LogP contribution in [0.3, 0.4) is 0 Å². The second-order valence-electron chi connectivity index (χ2n) is 5.44. The highest BCUT2D eigenvalue weighted by Crippen LogP contribution is 2.28. The van der Waals surface area contributed by atoms with Crippen molar-refractivity contribution in [3.8, 4) is 0 Å². The Labute approximate surface area is 167 Å². The van der Waals surface area contributed by atoms with Gasteiger partial charge in [0.05, 0.1) is 36.2 Å². The van der Waals surface area contributed by atoms with Gasteiger partial charge in [0.15, 0.2) is 11.6 Å². The Morgan fingerprint density at radius 3 is 2.59 bits per heavy atom. The lowest BCUT2D eigenvalue weighted by Gasteiger charge is -2.16. The summed E-state index contributed by atoms with van der Waals surface area (Å²) in [4.78, 5) is 17.2. The molecule has 1 amide bonds. The largest absolute Gasteiger partial charge is 0.395 e. The average Bonchev–Trinajstić information content (AvgIpc) is 2.64. The van der Waals surface area contributed by atoms with Crippen LogP contribution in [0.5, 0.6) is 0 Å². The fraction of sp³-hybridized carbons (Fsp3) is 0.235. The number of amides is 1. The molecule has 0 saturated heterocycles. The lowest BCUT2D eigenvalue weighted by molar-refractivity contribution is 0.0164. The molecule has 4 N–H and O–H groups in total. The molecule has 10 heteroatoms. The number of benzene rings is 2. The molecular weight excluding hydrogens is 478 g/mol. The number of likely N-dealkylation sites (N-methyl/N-ethyl adjacent to an activating group) is 1. The highest BCUT2D eigenvalue weighted by Gasteiger charge is 2.20. The summed E-state index contributed by atoms with van der Waals surface area (Å²) in [5, 5.41) is 14.2. The Morgan fingerprint density at radius 1 is 1.22 bits per heavy atom. The van der Waals surface area contributed by atoms with Crippen LogP contribution >= 0.6 is 22.6 Å². The van der Waals surface area contributed by atoms with Crippen molar-refractivity contribution < 1.29 is 27.9 Å². The molecule has 0 unspecified atom stereocenters. The van der Waals surface area contributed by atoms with Gasteiger partial charge in [0, 0.05) is 3.57 Å². The number of rotatable bonds is 8. The molecule has 0 bridgehead atoms. The zero-order valence-corrected chi connectivity index (χ0v) is 16.3. The van der Waals surface area contributed by atoms with Crippen LogP contribution in [0.15, 0.2) is 30.3 Å². The predicted molar refractivity (Wildman–Crippen MR) is 102 cm³/mol. The third-order valence-electron chi connectivity index (χ3n) is 3.61. The number of hydrogen-bond acceptors (Lipinski definition) is 5. The molecule has 0 radical (unpaired) electrons. The summed E-state index contributed by atoms with van der Waals surface area (Å²) in [6, 6.07) is 5.52. The van der Waals surface area contributed by atoms with E-state index in [1.807, 2.05) is 22.6 Å². The van der Waals surface area contributed by atoms with E-state index in [4.69, 9.17) is 9.94 Å². The van der Waals surface area contributed by atoms with E-state index in [-0.39, 0.29) is 24.5 Å². The first-order chi connectivity index (χ1) is 12.9. The first-order valence-electron chi connectivity index (χ1n) is 7.77. The molecule has 2 aromatic carbocycles. The number of nitrogens with one attached hydrogen (secondary N) is 3. The van der Waals surface area contributed by atoms with Gasteiger partial charge in [-0.05, 0) is 60.0 Å². The Kier molecular flexibility index (Phi) is 7.83. The first kappa shape index (κ1) is 21.4. The van der Waals surface area contributed by atoms with Crippen molar-refractivity contribution >= 4 is 39.9 Å². The quantitative estimate of drug-likeness (QED) is 0.335. The van der Waals surface area contributed by atoms with E-state index in [1.165, 1.54) is 12.1 Å². The standard InChI is InChI=1S/C17H17F3IN3O3/c1-22-10(7-25)8-27-24-17(26)11-3-4-12(18)15(20)16(11)23-14-5-2-9(21)6-13(14)19/h2-6,10,22-23,25H,7-8H2,1H3,(H,24,26)/t10-/m0/s1. The van der Waals surface area contributed by atoms with Gasteiger partial charge in [-0.2, -0.15) is 0 Å². The number of aliphatic hydroxyl groups is 1. The number of hydrogen-bond donors (Lipinski definition) is 4. The normalized spacial score (nSPS) is 11.9. The molecule has 0 heterocycles. The predicted octanol–water partition coefficient (Wildman–Crippen LogP) is 2.69. The highest BCUT2D eigenvalue weighted by molar-refractivity contribution is 14.1. The van der Waals surface area contributed by atoms with E-state index >= 15 is 0 Å². The third kappa shape index (κ3) is 5.54. The fourth-order valence-corrected chi connectivity index (χ4v) is 2.53. The zero-order chi connectivity index (χ0) is 20.0. The summed E-state index contributed by atoms with van der Waals surface area (Å²) in [7, 11) is 1.60. The number of carbonyl (C=O) groups excluding carboxylic acids is 1. The number of carbonyl (C=O) groups is 1. The van der Waals surface area contributed by atoms with Crippen molar-refractivity contribution in [2.75, 3.05) is 25.6 Å². The monoisotopic (exact) mass is 495 g/mol. The van der Waals surface area contributed by atoms with Gasteiger partial charge >= 0.3 is 0 Å². The Hall–Kier alpha value is -1.89. The van der Waals surface area contributed by atoms with E-state index in [0.29, 0.717) is 3.57 Å². The Bertz CT molecular complexity index is 819. The first-order valence-corrected chi connectivity index (χ1v) is 8.85. The summed E-state index contributed by atoms with van der Waals surface area (Å²) >= 11 is 1.90. The van der Waals surface area contributed by atoms with Gasteiger partial charge in [-0.25, -0.2) is 18.7 Å². The van der Waals surface area contributed by atoms with Gasteiger partial charge < -0.3 is 15.7 Å². The molecule has 2 aromatic rings. The zero-order valence-electron chi connectivity index (χ0n) is 14.2. The van der Waals surface area contributed by atoms with Crippen LogP contribution in [0, 0.1) is 21.0 Å². The molecule has 0 aliphatic heterocycles. The highest BCUT2D eigenvalue weighted by atomic mass is 127. The molecule has 0 spiro atoms. The molecule has 27 heavy (non-hydrogen) atoms. The smallest absolute Gasteiger partial charge is 0.277 e. The van der Waals surface area contributed by atoms with Gasteiger partial charge in [0.25, 0.3) is 5.91 Å². The van der Waals surface area contributed by atoms with Crippen LogP contribution in [0.4, 0.5) is 24.5 Å². The van der Waals surface area contributed by atoms with Crippen LogP contribution in [-0.4, -0.2) is 37.3 Å². The van der Waals surface area contributed by atoms with Gasteiger partial charge in [-0.15, -0.1) is 0 Å². The lowest BCUT2D eigenvalue weighted by atomic mass is 10.1. The Balaban J connectivity index is 2.24. The van der Waals surface area contributed by atoms with Crippen molar-refractivity contribution in [3.63, 3.8) is 0 Å². The van der Waals surface area contributed by atoms with Crippen molar-refractivity contribution in [3.05, 3.63) is 56.9 Å². The van der Waals surface area contributed by atoms with Crippen molar-refractivity contribution in [1.82, 2.24) is 10.8 Å². The van der Waals surface area contributed by atoms with Gasteiger partial charge in [-0.3, -0.25) is 9.63 Å². The molecule has 6 nitrogen and oxygen atoms in total. The second kappa shape index (κ2) is 9.88. The molecule has 0 aliphatic carbocycles. The van der Waals surface area contributed by atoms with Crippen LogP contribution in [0.1, 0.15) is 10.4 Å². The SMILES string of the molecule is CN[C@@H](CO)CONC(=O)c1ccc(F)c(F)c1Nc1ccc(I)cc1F. The minimum atomic E-state index is -1.33. The van der Waals surface area contributed by atoms with Crippen LogP contribution in [-0.2, 0) is 4.84 Å². The van der Waals surface area contributed by atoms with Gasteiger partial charge in [0.1, 0.15) is 5.82 Å². The molecule has 2 rings (SSSR count). The number of anilines is 2. The molecule has 0 aromatic heterocycles. The molecule has 1 atom stereocenters. The summed E-state index contributed by atoms with van der Waals surface area (Å²) in [5.41, 5.74) is 1.16. The van der Waals surface area contributed by atoms with Crippen molar-refractivity contribution in [2.45, 2.75) is 6.04 Å². The van der Waals surface area contributed by atoms with E-state index in [9.17, 15) is 18.0 Å². The molecule has 0 fully saturated rings. The molecular formula is C17H17F3IN3O3. The van der Waals surface area contributed by atoms with Crippen LogP contribution in [0.2, 0.25) is 0 Å². The number of halogens is 4. The number of aliphatic hydroxyl groups excluding tert-OH is 1. The maximum atomic E-state index is 14.3. The van der Waals surface area contributed by atoms with Gasteiger partial charge in [-0.1, -0.05) is 0 Å². The lowest BCUT2D eigenvalue weighted by Crippen LogP contribution is -2.37. The molecule has 146 valence electrons. The van der Waals surface area contributed by atoms with E-state index < -0.39 is 35.1 Å². The summed E-state index contributed by atoms with van der Waals surface area (Å²) in [6.45, 7) is -0.284. The third-order valence-corrected chi connectivity index (χ3v) is 4.28. The summed E-state index contributed by atoms with van der Waals surface area (Å²) in [5.74, 6) is -4.08. The number of hydroxylamine groups is 1. The van der Waals surface area contributed by atoms with Gasteiger partial charge in [0.2, 0.25) is 0 Å². The van der Waals surface area contributed by atoms with Crippen molar-refractivity contribution in [1.29, 1.82) is 0 Å². The maximum Gasteiger partial charge on any atom is 0.277 e. The topological polar surface area (TPSA) is 82.6 Å². The minimum absolute atomic E-state index is 0.0586. The van der Waals surface area contributed by atoms with Crippen molar-refractivity contribution in [2.24, 2.45) is 0 Å². The Morgan fingerprint density at radius 2 is 1.96 bits per heavy atom. The second-order valence-corrected chi connectivity index (χ2v) is 6.69. The molecule has 0 saturated carbocycles. The summed E-state index contributed by atoms with van der Waals surface area (Å²) in [6.07, 6.45) is 0. The van der Waals surface area contributed by atoms with E-state index in [2.05, 4.69) is 16.1 Å².